The minimum atomic E-state index is -0.791. The van der Waals surface area contributed by atoms with E-state index in [-0.39, 0.29) is 5.92 Å². The summed E-state index contributed by atoms with van der Waals surface area (Å²) in [6.45, 7) is 3.67. The molecule has 2 aliphatic rings. The summed E-state index contributed by atoms with van der Waals surface area (Å²) < 4.78 is 0. The minimum Gasteiger partial charge on any atom is -0.404 e. The summed E-state index contributed by atoms with van der Waals surface area (Å²) in [7, 11) is 0. The molecule has 16 heavy (non-hydrogen) atoms. The normalized spacial score (nSPS) is 18.8. The number of hydrogen-bond acceptors (Lipinski definition) is 1. The maximum absolute atomic E-state index is 10.2. The van der Waals surface area contributed by atoms with Gasteiger partial charge in [0.15, 0.2) is 0 Å². The average molecular weight is 213 g/mol. The number of rotatable bonds is 3. The van der Waals surface area contributed by atoms with Gasteiger partial charge in [0.25, 0.3) is 0 Å². The largest absolute Gasteiger partial charge is 0.404 e. The zero-order chi connectivity index (χ0) is 11.6. The smallest absolute Gasteiger partial charge is 0.0177 e. The molecule has 84 valence electrons. The van der Waals surface area contributed by atoms with Crippen molar-refractivity contribution in [3.05, 3.63) is 66.2 Å². The van der Waals surface area contributed by atoms with E-state index < -0.39 is 5.60 Å². The molecule has 0 saturated carbocycles. The van der Waals surface area contributed by atoms with Crippen molar-refractivity contribution in [1.82, 2.24) is 0 Å². The highest BCUT2D eigenvalue weighted by molar-refractivity contribution is 5.46. The van der Waals surface area contributed by atoms with Crippen LogP contribution in [0.15, 0.2) is 60.3 Å². The minimum absolute atomic E-state index is 0.217. The van der Waals surface area contributed by atoms with E-state index in [2.05, 4.69) is 18.2 Å². The second-order valence-electron chi connectivity index (χ2n) is 4.67. The Hall–Kier alpha value is -1.47. The lowest BCUT2D eigenvalue weighted by atomic mass is 9.79. The summed E-state index contributed by atoms with van der Waals surface area (Å²) in [5, 5.41) is 10.2. The molecule has 0 saturated heterocycles. The van der Waals surface area contributed by atoms with Crippen molar-refractivity contribution in [3.63, 3.8) is 0 Å². The van der Waals surface area contributed by atoms with E-state index in [0.717, 1.165) is 11.5 Å². The summed E-state index contributed by atoms with van der Waals surface area (Å²) in [6, 6.07) is 0. The van der Waals surface area contributed by atoms with Crippen molar-refractivity contribution < 1.29 is 5.11 Å². The Kier molecular flexibility index (Phi) is 2.88. The van der Waals surface area contributed by atoms with E-state index >= 15 is 0 Å². The van der Waals surface area contributed by atoms with Gasteiger partial charge in [-0.15, -0.1) is 12.2 Å². The van der Waals surface area contributed by atoms with E-state index in [4.69, 9.17) is 0 Å². The quantitative estimate of drug-likeness (QED) is 0.714. The van der Waals surface area contributed by atoms with Crippen LogP contribution >= 0.6 is 0 Å². The number of aliphatic hydroxyl groups is 1. The third-order valence-corrected chi connectivity index (χ3v) is 2.82. The fourth-order valence-electron chi connectivity index (χ4n) is 1.98. The standard InChI is InChI=1S/C15H17O/c1-15(2,16)14(13-9-5-6-10-13)11-12-7-3-4-8-12/h3-11,13,16H,1-2H3/q-1. The Labute approximate surface area is 97.2 Å². The van der Waals surface area contributed by atoms with Gasteiger partial charge in [-0.1, -0.05) is 36.5 Å². The molecule has 1 nitrogen and oxygen atoms in total. The molecule has 0 heterocycles. The Morgan fingerprint density at radius 2 is 1.69 bits per heavy atom. The zero-order valence-electron chi connectivity index (χ0n) is 9.72. The summed E-state index contributed by atoms with van der Waals surface area (Å²) in [6.07, 6.45) is 18.4. The van der Waals surface area contributed by atoms with Gasteiger partial charge in [-0.3, -0.25) is 0 Å². The van der Waals surface area contributed by atoms with Crippen LogP contribution in [0.25, 0.3) is 0 Å². The Morgan fingerprint density at radius 1 is 1.12 bits per heavy atom. The van der Waals surface area contributed by atoms with Gasteiger partial charge in [0.1, 0.15) is 0 Å². The van der Waals surface area contributed by atoms with Crippen molar-refractivity contribution in [1.29, 1.82) is 0 Å². The van der Waals surface area contributed by atoms with Gasteiger partial charge < -0.3 is 5.11 Å². The molecule has 0 bridgehead atoms. The fraction of sp³-hybridized carbons (Fsp3) is 0.267. The van der Waals surface area contributed by atoms with Crippen LogP contribution in [0.5, 0.6) is 0 Å². The predicted molar refractivity (Wildman–Crippen MR) is 67.7 cm³/mol. The lowest BCUT2D eigenvalue weighted by molar-refractivity contribution is 0.0937. The van der Waals surface area contributed by atoms with Crippen LogP contribution in [0.4, 0.5) is 0 Å². The molecule has 0 radical (unpaired) electrons. The third-order valence-electron chi connectivity index (χ3n) is 2.82. The zero-order valence-corrected chi connectivity index (χ0v) is 9.72. The van der Waals surface area contributed by atoms with Crippen molar-refractivity contribution >= 4 is 0 Å². The number of hydrogen-bond donors (Lipinski definition) is 1. The fourth-order valence-corrected chi connectivity index (χ4v) is 1.98. The Bertz CT molecular complexity index is 374. The van der Waals surface area contributed by atoms with Crippen molar-refractivity contribution in [2.45, 2.75) is 19.4 Å². The monoisotopic (exact) mass is 213 g/mol. The first-order valence-corrected chi connectivity index (χ1v) is 5.58. The van der Waals surface area contributed by atoms with Crippen LogP contribution in [-0.2, 0) is 0 Å². The van der Waals surface area contributed by atoms with E-state index in [1.165, 1.54) is 0 Å². The van der Waals surface area contributed by atoms with Crippen LogP contribution in [0.2, 0.25) is 0 Å². The molecule has 1 heteroatoms. The van der Waals surface area contributed by atoms with Crippen LogP contribution < -0.4 is 0 Å². The maximum atomic E-state index is 10.2. The van der Waals surface area contributed by atoms with Crippen LogP contribution in [-0.4, -0.2) is 10.7 Å². The van der Waals surface area contributed by atoms with Gasteiger partial charge in [-0.2, -0.15) is 11.5 Å². The van der Waals surface area contributed by atoms with Gasteiger partial charge in [-0.25, -0.2) is 6.08 Å². The molecule has 0 aliphatic heterocycles. The average Bonchev–Trinajstić information content (AvgIpc) is 2.85. The van der Waals surface area contributed by atoms with Crippen LogP contribution in [0.1, 0.15) is 13.8 Å². The first kappa shape index (κ1) is 11.0. The summed E-state index contributed by atoms with van der Waals surface area (Å²) in [5.74, 6) is 1.25. The Balaban J connectivity index is 2.25. The van der Waals surface area contributed by atoms with Crippen LogP contribution in [0, 0.1) is 11.8 Å². The van der Waals surface area contributed by atoms with Gasteiger partial charge in [0.05, 0.1) is 0 Å². The van der Waals surface area contributed by atoms with E-state index in [1.807, 2.05) is 50.3 Å². The third kappa shape index (κ3) is 2.37. The molecule has 0 aromatic heterocycles. The number of allylic oxidation sites excluding steroid dienone is 9. The molecular formula is C15H17O-. The van der Waals surface area contributed by atoms with Gasteiger partial charge in [-0.05, 0) is 19.8 Å². The van der Waals surface area contributed by atoms with E-state index in [1.54, 1.807) is 0 Å². The summed E-state index contributed by atoms with van der Waals surface area (Å²) in [5.41, 5.74) is 0.354. The molecule has 0 unspecified atom stereocenters. The van der Waals surface area contributed by atoms with E-state index in [9.17, 15) is 5.11 Å². The summed E-state index contributed by atoms with van der Waals surface area (Å²) in [4.78, 5) is 0. The lowest BCUT2D eigenvalue weighted by Gasteiger charge is -2.39. The second kappa shape index (κ2) is 4.18. The van der Waals surface area contributed by atoms with Crippen molar-refractivity contribution in [2.24, 2.45) is 5.92 Å². The highest BCUT2D eigenvalue weighted by Gasteiger charge is 2.22. The summed E-state index contributed by atoms with van der Waals surface area (Å²) >= 11 is 0. The predicted octanol–water partition coefficient (Wildman–Crippen LogP) is 3.13. The van der Waals surface area contributed by atoms with Gasteiger partial charge >= 0.3 is 0 Å². The molecule has 1 N–H and O–H groups in total. The molecule has 2 aliphatic carbocycles. The lowest BCUT2D eigenvalue weighted by Crippen LogP contribution is -2.31. The van der Waals surface area contributed by atoms with Crippen molar-refractivity contribution in [2.75, 3.05) is 0 Å². The van der Waals surface area contributed by atoms with Gasteiger partial charge in [0, 0.05) is 5.60 Å². The molecule has 0 atom stereocenters. The highest BCUT2D eigenvalue weighted by atomic mass is 16.3. The molecule has 0 fully saturated rings. The maximum Gasteiger partial charge on any atom is 0.0177 e. The van der Waals surface area contributed by atoms with Crippen molar-refractivity contribution in [3.8, 4) is 0 Å². The van der Waals surface area contributed by atoms with E-state index in [0.29, 0.717) is 0 Å². The van der Waals surface area contributed by atoms with Gasteiger partial charge in [0.2, 0.25) is 0 Å². The first-order valence-electron chi connectivity index (χ1n) is 5.58. The Morgan fingerprint density at radius 3 is 2.19 bits per heavy atom. The SMILES string of the molecule is CC(C)(O)[C-](C=C1C=CC=C1)C1C=CC=C1. The first-order chi connectivity index (χ1) is 7.57. The molecule has 0 aromatic rings. The topological polar surface area (TPSA) is 20.2 Å². The molecule has 0 amide bonds. The molecular weight excluding hydrogens is 196 g/mol. The second-order valence-corrected chi connectivity index (χ2v) is 4.67. The van der Waals surface area contributed by atoms with Crippen LogP contribution in [0.3, 0.4) is 0 Å². The molecule has 0 spiro atoms. The molecule has 0 aromatic carbocycles. The molecule has 2 rings (SSSR count). The highest BCUT2D eigenvalue weighted by Crippen LogP contribution is 2.34.